The maximum absolute atomic E-state index is 13.6. The molecule has 14 nitrogen and oxygen atoms in total. The summed E-state index contributed by atoms with van der Waals surface area (Å²) in [4.78, 5) is 57.5. The molecule has 0 aromatic heterocycles. The van der Waals surface area contributed by atoms with Crippen LogP contribution in [0.3, 0.4) is 0 Å². The first-order chi connectivity index (χ1) is 30.3. The van der Waals surface area contributed by atoms with Gasteiger partial charge in [-0.15, -0.1) is 0 Å². The summed E-state index contributed by atoms with van der Waals surface area (Å²) in [6, 6.07) is 16.6. The van der Waals surface area contributed by atoms with Crippen LogP contribution in [0.5, 0.6) is 34.5 Å². The largest absolute Gasteiger partial charge is 0.493 e. The molecule has 0 unspecified atom stereocenters. The van der Waals surface area contributed by atoms with E-state index in [9.17, 15) is 19.2 Å². The van der Waals surface area contributed by atoms with Gasteiger partial charge in [0.25, 0.3) is 11.8 Å². The van der Waals surface area contributed by atoms with Crippen LogP contribution < -0.4 is 39.1 Å². The summed E-state index contributed by atoms with van der Waals surface area (Å²) >= 11 is 0. The minimum absolute atomic E-state index is 0.205. The van der Waals surface area contributed by atoms with Crippen molar-refractivity contribution in [1.29, 1.82) is 0 Å². The van der Waals surface area contributed by atoms with Crippen LogP contribution in [0.25, 0.3) is 22.5 Å². The molecule has 0 aliphatic carbocycles. The first-order valence-electron chi connectivity index (χ1n) is 20.9. The Bertz CT molecular complexity index is 2500. The highest BCUT2D eigenvalue weighted by molar-refractivity contribution is 6.19. The van der Waals surface area contributed by atoms with E-state index in [1.54, 1.807) is 62.5 Å². The molecule has 0 spiro atoms. The summed E-state index contributed by atoms with van der Waals surface area (Å²) in [5.41, 5.74) is 7.56. The number of rotatable bonds is 8. The number of amides is 4. The van der Waals surface area contributed by atoms with Crippen LogP contribution >= 0.6 is 0 Å². The Labute approximate surface area is 374 Å². The predicted octanol–water partition coefficient (Wildman–Crippen LogP) is 8.05. The molecule has 4 aromatic rings. The van der Waals surface area contributed by atoms with Crippen LogP contribution in [0.4, 0.5) is 0 Å². The standard InChI is InChI=1S/2C25H28N2O5/c2*1-13-18-16(12-17(30-5)21(31-6)22(18)32-7)20(23(28)26-25(2,3)4)27-19(13)14-10-8-9-11-15(14)24(27)29/h2*8-12,20H,1-7H3,(H,26,28)/t2*20-/m10/s1. The molecule has 0 bridgehead atoms. The van der Waals surface area contributed by atoms with E-state index in [4.69, 9.17) is 28.4 Å². The molecule has 64 heavy (non-hydrogen) atoms. The van der Waals surface area contributed by atoms with Gasteiger partial charge in [-0.3, -0.25) is 29.0 Å². The summed E-state index contributed by atoms with van der Waals surface area (Å²) < 4.78 is 33.8. The van der Waals surface area contributed by atoms with Crippen molar-refractivity contribution in [2.24, 2.45) is 0 Å². The Morgan fingerprint density at radius 2 is 0.812 bits per heavy atom. The molecule has 4 aromatic carbocycles. The van der Waals surface area contributed by atoms with Crippen molar-refractivity contribution in [2.45, 2.75) is 78.6 Å². The van der Waals surface area contributed by atoms with Gasteiger partial charge in [0.15, 0.2) is 23.0 Å². The molecule has 0 fully saturated rings. The monoisotopic (exact) mass is 872 g/mol. The Morgan fingerprint density at radius 1 is 0.500 bits per heavy atom. The Hall–Kier alpha value is -6.96. The van der Waals surface area contributed by atoms with Gasteiger partial charge in [0.2, 0.25) is 23.3 Å². The maximum atomic E-state index is 13.6. The third kappa shape index (κ3) is 7.24. The number of nitrogens with zero attached hydrogens (tertiary/aromatic N) is 2. The summed E-state index contributed by atoms with van der Waals surface area (Å²) in [7, 11) is 9.26. The predicted molar refractivity (Wildman–Crippen MR) is 244 cm³/mol. The fourth-order valence-corrected chi connectivity index (χ4v) is 9.20. The zero-order valence-corrected chi connectivity index (χ0v) is 38.9. The molecular formula is C50H56N4O10. The Kier molecular flexibility index (Phi) is 11.7. The molecule has 4 amide bonds. The molecule has 0 saturated carbocycles. The average molecular weight is 873 g/mol. The van der Waals surface area contributed by atoms with E-state index < -0.39 is 23.2 Å². The van der Waals surface area contributed by atoms with Gasteiger partial charge in [-0.05, 0) is 102 Å². The summed E-state index contributed by atoms with van der Waals surface area (Å²) in [5, 5.41) is 6.08. The lowest BCUT2D eigenvalue weighted by Crippen LogP contribution is -2.48. The number of nitrogens with one attached hydrogen (secondary N) is 2. The minimum Gasteiger partial charge on any atom is -0.493 e. The second kappa shape index (κ2) is 16.6. The highest BCUT2D eigenvalue weighted by Crippen LogP contribution is 2.57. The Morgan fingerprint density at radius 3 is 1.09 bits per heavy atom. The van der Waals surface area contributed by atoms with Crippen molar-refractivity contribution in [3.63, 3.8) is 0 Å². The normalized spacial score (nSPS) is 16.9. The number of carbonyl (C=O) groups is 4. The van der Waals surface area contributed by atoms with Gasteiger partial charge in [0.05, 0.1) is 54.1 Å². The number of hydrogen-bond acceptors (Lipinski definition) is 10. The van der Waals surface area contributed by atoms with Crippen molar-refractivity contribution in [3.8, 4) is 34.5 Å². The lowest BCUT2D eigenvalue weighted by molar-refractivity contribution is -0.127. The minimum atomic E-state index is -0.892. The van der Waals surface area contributed by atoms with Crippen LogP contribution in [0.1, 0.15) is 122 Å². The smallest absolute Gasteiger partial charge is 0.260 e. The first-order valence-corrected chi connectivity index (χ1v) is 20.9. The number of hydrogen-bond donors (Lipinski definition) is 2. The topological polar surface area (TPSA) is 154 Å². The van der Waals surface area contributed by atoms with E-state index in [2.05, 4.69) is 10.6 Å². The number of carbonyl (C=O) groups excluding carboxylic acids is 4. The van der Waals surface area contributed by atoms with Crippen LogP contribution in [0.15, 0.2) is 60.7 Å². The van der Waals surface area contributed by atoms with Gasteiger partial charge in [0.1, 0.15) is 12.1 Å². The SMILES string of the molecule is COc1cc2c(c(OC)c1OC)C(C)=C1c3ccccc3C(=O)N1[C@@H]2C(=O)NC(C)(C)C.COc1cc2c(c(OC)c1OC)C(C)=C1c3ccccc3C(=O)N1[C@H]2C(=O)NC(C)(C)C. The molecule has 2 atom stereocenters. The van der Waals surface area contributed by atoms with Crippen LogP contribution in [0, 0.1) is 0 Å². The fraction of sp³-hybridized carbons (Fsp3) is 0.360. The molecular weight excluding hydrogens is 817 g/mol. The highest BCUT2D eigenvalue weighted by Gasteiger charge is 2.49. The van der Waals surface area contributed by atoms with Crippen LogP contribution in [0.2, 0.25) is 0 Å². The molecule has 4 aliphatic heterocycles. The number of ether oxygens (including phenoxy) is 6. The fourth-order valence-electron chi connectivity index (χ4n) is 9.20. The van der Waals surface area contributed by atoms with Crippen LogP contribution in [-0.2, 0) is 9.59 Å². The number of benzene rings is 4. The molecule has 4 heterocycles. The zero-order valence-electron chi connectivity index (χ0n) is 38.9. The Balaban J connectivity index is 0.000000191. The summed E-state index contributed by atoms with van der Waals surface area (Å²) in [6.45, 7) is 15.3. The maximum Gasteiger partial charge on any atom is 0.260 e. The molecule has 2 N–H and O–H groups in total. The van der Waals surface area contributed by atoms with E-state index in [0.717, 1.165) is 33.4 Å². The van der Waals surface area contributed by atoms with Crippen molar-refractivity contribution in [3.05, 3.63) is 105 Å². The molecule has 14 heteroatoms. The van der Waals surface area contributed by atoms with Crippen molar-refractivity contribution in [1.82, 2.24) is 20.4 Å². The summed E-state index contributed by atoms with van der Waals surface area (Å²) in [5.74, 6) is 1.71. The van der Waals surface area contributed by atoms with Crippen molar-refractivity contribution in [2.75, 3.05) is 42.7 Å². The zero-order chi connectivity index (χ0) is 46.7. The molecule has 0 radical (unpaired) electrons. The highest BCUT2D eigenvalue weighted by atomic mass is 16.5. The molecule has 0 saturated heterocycles. The van der Waals surface area contributed by atoms with E-state index in [1.807, 2.05) is 91.8 Å². The second-order valence-electron chi connectivity index (χ2n) is 17.9. The van der Waals surface area contributed by atoms with E-state index >= 15 is 0 Å². The number of methoxy groups -OCH3 is 6. The van der Waals surface area contributed by atoms with Gasteiger partial charge in [-0.2, -0.15) is 0 Å². The van der Waals surface area contributed by atoms with Gasteiger partial charge in [0, 0.05) is 44.5 Å². The van der Waals surface area contributed by atoms with Gasteiger partial charge in [-0.1, -0.05) is 36.4 Å². The number of fused-ring (bicyclic) bond motifs is 8. The lowest BCUT2D eigenvalue weighted by Gasteiger charge is -2.38. The first kappa shape index (κ1) is 45.1. The number of allylic oxidation sites excluding steroid dienone is 2. The van der Waals surface area contributed by atoms with Crippen molar-refractivity contribution >= 4 is 46.2 Å². The quantitative estimate of drug-likeness (QED) is 0.178. The van der Waals surface area contributed by atoms with Gasteiger partial charge < -0.3 is 39.1 Å². The third-order valence-electron chi connectivity index (χ3n) is 11.5. The molecule has 8 rings (SSSR count). The lowest BCUT2D eigenvalue weighted by atomic mass is 9.86. The van der Waals surface area contributed by atoms with Gasteiger partial charge >= 0.3 is 0 Å². The average Bonchev–Trinajstić information content (AvgIpc) is 3.71. The van der Waals surface area contributed by atoms with E-state index in [0.29, 0.717) is 68.1 Å². The second-order valence-corrected chi connectivity index (χ2v) is 17.9. The third-order valence-corrected chi connectivity index (χ3v) is 11.5. The van der Waals surface area contributed by atoms with Crippen LogP contribution in [-0.4, -0.2) is 87.2 Å². The molecule has 4 aliphatic rings. The van der Waals surface area contributed by atoms with Crippen molar-refractivity contribution < 1.29 is 47.6 Å². The molecule has 336 valence electrons. The van der Waals surface area contributed by atoms with Gasteiger partial charge in [-0.25, -0.2) is 0 Å². The van der Waals surface area contributed by atoms with E-state index in [-0.39, 0.29) is 23.6 Å². The summed E-state index contributed by atoms with van der Waals surface area (Å²) in [6.07, 6.45) is 0. The van der Waals surface area contributed by atoms with E-state index in [1.165, 1.54) is 14.2 Å².